The van der Waals surface area contributed by atoms with E-state index in [4.69, 9.17) is 0 Å². The molecule has 6 heteroatoms. The third-order valence-corrected chi connectivity index (χ3v) is 5.03. The van der Waals surface area contributed by atoms with Gasteiger partial charge in [-0.3, -0.25) is 9.59 Å². The second-order valence-corrected chi connectivity index (χ2v) is 7.75. The molecule has 0 saturated heterocycles. The fraction of sp³-hybridized carbons (Fsp3) is 0.450. The zero-order chi connectivity index (χ0) is 19.1. The van der Waals surface area contributed by atoms with Gasteiger partial charge in [0.1, 0.15) is 10.8 Å². The lowest BCUT2D eigenvalue weighted by molar-refractivity contribution is -0.122. The number of aromatic nitrogens is 1. The highest BCUT2D eigenvalue weighted by Gasteiger charge is 2.19. The molecule has 0 spiro atoms. The van der Waals surface area contributed by atoms with E-state index in [-0.39, 0.29) is 36.4 Å². The van der Waals surface area contributed by atoms with Crippen LogP contribution in [0.4, 0.5) is 4.39 Å². The molecule has 1 atom stereocenters. The molecule has 4 nitrogen and oxygen atoms in total. The molecule has 26 heavy (non-hydrogen) atoms. The van der Waals surface area contributed by atoms with Crippen molar-refractivity contribution in [3.63, 3.8) is 0 Å². The Hall–Kier alpha value is -2.08. The summed E-state index contributed by atoms with van der Waals surface area (Å²) in [6.07, 6.45) is 1.84. The molecule has 0 aliphatic carbocycles. The maximum Gasteiger partial charge on any atom is 0.220 e. The monoisotopic (exact) mass is 376 g/mol. The molecule has 1 N–H and O–H groups in total. The van der Waals surface area contributed by atoms with Crippen LogP contribution in [-0.4, -0.2) is 16.7 Å². The van der Waals surface area contributed by atoms with Crippen LogP contribution in [0.2, 0.25) is 0 Å². The Morgan fingerprint density at radius 2 is 1.88 bits per heavy atom. The number of Topliss-reactive ketones (excluding diaryl/α,β-unsaturated/α-hetero) is 1. The van der Waals surface area contributed by atoms with E-state index in [2.05, 4.69) is 24.1 Å². The maximum atomic E-state index is 12.9. The average molecular weight is 376 g/mol. The van der Waals surface area contributed by atoms with Gasteiger partial charge in [-0.15, -0.1) is 11.3 Å². The van der Waals surface area contributed by atoms with Crippen LogP contribution in [0.15, 0.2) is 29.6 Å². The molecule has 0 bridgehead atoms. The van der Waals surface area contributed by atoms with Gasteiger partial charge in [0, 0.05) is 29.5 Å². The van der Waals surface area contributed by atoms with Crippen molar-refractivity contribution < 1.29 is 14.0 Å². The standard InChI is InChI=1S/C20H25FN2O2S/c1-13(2)11-17(20-22-14(3)12-26-20)23-19(25)6-4-5-18(24)15-7-9-16(21)10-8-15/h7-10,12-13,17H,4-6,11H2,1-3H3,(H,23,25). The predicted molar refractivity (Wildman–Crippen MR) is 102 cm³/mol. The number of ketones is 1. The van der Waals surface area contributed by atoms with E-state index in [1.807, 2.05) is 12.3 Å². The largest absolute Gasteiger partial charge is 0.347 e. The van der Waals surface area contributed by atoms with Crippen molar-refractivity contribution in [3.8, 4) is 0 Å². The summed E-state index contributed by atoms with van der Waals surface area (Å²) in [4.78, 5) is 28.8. The molecule has 1 aromatic heterocycles. The van der Waals surface area contributed by atoms with Crippen LogP contribution in [-0.2, 0) is 4.79 Å². The predicted octanol–water partition coefficient (Wildman–Crippen LogP) is 4.85. The lowest BCUT2D eigenvalue weighted by atomic mass is 10.0. The molecule has 0 fully saturated rings. The van der Waals surface area contributed by atoms with Crippen molar-refractivity contribution in [1.29, 1.82) is 0 Å². The van der Waals surface area contributed by atoms with Gasteiger partial charge >= 0.3 is 0 Å². The van der Waals surface area contributed by atoms with E-state index in [0.29, 0.717) is 17.9 Å². The zero-order valence-corrected chi connectivity index (χ0v) is 16.2. The van der Waals surface area contributed by atoms with Gasteiger partial charge in [-0.2, -0.15) is 0 Å². The van der Waals surface area contributed by atoms with Crippen molar-refractivity contribution >= 4 is 23.0 Å². The second kappa shape index (κ2) is 9.57. The van der Waals surface area contributed by atoms with Crippen molar-refractivity contribution in [2.75, 3.05) is 0 Å². The lowest BCUT2D eigenvalue weighted by Gasteiger charge is -2.18. The zero-order valence-electron chi connectivity index (χ0n) is 15.4. The first-order valence-corrected chi connectivity index (χ1v) is 9.73. The van der Waals surface area contributed by atoms with Gasteiger partial charge in [0.05, 0.1) is 6.04 Å². The summed E-state index contributed by atoms with van der Waals surface area (Å²) >= 11 is 1.56. The number of thiazole rings is 1. The summed E-state index contributed by atoms with van der Waals surface area (Å²) in [6, 6.07) is 5.40. The highest BCUT2D eigenvalue weighted by molar-refractivity contribution is 7.09. The first-order valence-electron chi connectivity index (χ1n) is 8.85. The molecule has 1 heterocycles. The van der Waals surface area contributed by atoms with Crippen LogP contribution in [0.3, 0.4) is 0 Å². The topological polar surface area (TPSA) is 59.1 Å². The van der Waals surface area contributed by atoms with Gasteiger partial charge < -0.3 is 5.32 Å². The number of carbonyl (C=O) groups is 2. The van der Waals surface area contributed by atoms with E-state index >= 15 is 0 Å². The van der Waals surface area contributed by atoms with Gasteiger partial charge in [-0.05, 0) is 49.9 Å². The lowest BCUT2D eigenvalue weighted by Crippen LogP contribution is -2.29. The molecule has 1 amide bonds. The SMILES string of the molecule is Cc1csc(C(CC(C)C)NC(=O)CCCC(=O)c2ccc(F)cc2)n1. The molecule has 0 radical (unpaired) electrons. The maximum absolute atomic E-state index is 12.9. The van der Waals surface area contributed by atoms with Gasteiger partial charge in [-0.25, -0.2) is 9.37 Å². The van der Waals surface area contributed by atoms with Crippen molar-refractivity contribution in [2.24, 2.45) is 5.92 Å². The fourth-order valence-corrected chi connectivity index (χ4v) is 3.54. The Morgan fingerprint density at radius 3 is 2.46 bits per heavy atom. The highest BCUT2D eigenvalue weighted by Crippen LogP contribution is 2.24. The van der Waals surface area contributed by atoms with E-state index in [1.54, 1.807) is 11.3 Å². The number of halogens is 1. The number of hydrogen-bond acceptors (Lipinski definition) is 4. The van der Waals surface area contributed by atoms with Crippen molar-refractivity contribution in [3.05, 3.63) is 51.7 Å². The molecule has 0 saturated carbocycles. The van der Waals surface area contributed by atoms with E-state index in [9.17, 15) is 14.0 Å². The summed E-state index contributed by atoms with van der Waals surface area (Å²) in [5, 5.41) is 5.95. The molecule has 1 unspecified atom stereocenters. The van der Waals surface area contributed by atoms with Crippen molar-refractivity contribution in [1.82, 2.24) is 10.3 Å². The number of aryl methyl sites for hydroxylation is 1. The minimum absolute atomic E-state index is 0.0737. The summed E-state index contributed by atoms with van der Waals surface area (Å²) in [5.41, 5.74) is 1.43. The minimum Gasteiger partial charge on any atom is -0.347 e. The van der Waals surface area contributed by atoms with Crippen LogP contribution < -0.4 is 5.32 Å². The number of rotatable bonds is 9. The normalized spacial score (nSPS) is 12.2. The Labute approximate surface area is 157 Å². The molecule has 0 aliphatic rings. The third-order valence-electron chi connectivity index (χ3n) is 3.95. The number of nitrogens with one attached hydrogen (secondary N) is 1. The Morgan fingerprint density at radius 1 is 1.19 bits per heavy atom. The summed E-state index contributed by atoms with van der Waals surface area (Å²) in [7, 11) is 0. The Kier molecular flexibility index (Phi) is 7.45. The molecule has 1 aromatic carbocycles. The number of benzene rings is 1. The molecular formula is C20H25FN2O2S. The van der Waals surface area contributed by atoms with E-state index in [0.717, 1.165) is 17.1 Å². The van der Waals surface area contributed by atoms with Crippen molar-refractivity contribution in [2.45, 2.75) is 52.5 Å². The second-order valence-electron chi connectivity index (χ2n) is 6.86. The van der Waals surface area contributed by atoms with Gasteiger partial charge in [0.25, 0.3) is 0 Å². The smallest absolute Gasteiger partial charge is 0.220 e. The molecule has 2 rings (SSSR count). The number of nitrogens with zero attached hydrogens (tertiary/aromatic N) is 1. The summed E-state index contributed by atoms with van der Waals surface area (Å²) in [5.74, 6) is -0.0819. The Balaban J connectivity index is 1.84. The quantitative estimate of drug-likeness (QED) is 0.637. The average Bonchev–Trinajstić information content (AvgIpc) is 3.01. The van der Waals surface area contributed by atoms with Crippen LogP contribution >= 0.6 is 11.3 Å². The first-order chi connectivity index (χ1) is 12.3. The third kappa shape index (κ3) is 6.33. The van der Waals surface area contributed by atoms with Crippen LogP contribution in [0, 0.1) is 18.7 Å². The fourth-order valence-electron chi connectivity index (χ4n) is 2.68. The number of amides is 1. The molecule has 0 aliphatic heterocycles. The Bertz CT molecular complexity index is 741. The molecule has 140 valence electrons. The summed E-state index contributed by atoms with van der Waals surface area (Å²) < 4.78 is 12.9. The minimum atomic E-state index is -0.366. The number of carbonyl (C=O) groups excluding carboxylic acids is 2. The number of hydrogen-bond donors (Lipinski definition) is 1. The molecular weight excluding hydrogens is 351 g/mol. The first kappa shape index (κ1) is 20.2. The van der Waals surface area contributed by atoms with E-state index < -0.39 is 0 Å². The molecule has 2 aromatic rings. The van der Waals surface area contributed by atoms with Crippen LogP contribution in [0.5, 0.6) is 0 Å². The van der Waals surface area contributed by atoms with Crippen LogP contribution in [0.25, 0.3) is 0 Å². The van der Waals surface area contributed by atoms with Gasteiger partial charge in [0.15, 0.2) is 5.78 Å². The van der Waals surface area contributed by atoms with Gasteiger partial charge in [-0.1, -0.05) is 13.8 Å². The van der Waals surface area contributed by atoms with Crippen LogP contribution in [0.1, 0.15) is 66.6 Å². The van der Waals surface area contributed by atoms with E-state index in [1.165, 1.54) is 24.3 Å². The highest BCUT2D eigenvalue weighted by atomic mass is 32.1. The van der Waals surface area contributed by atoms with Gasteiger partial charge in [0.2, 0.25) is 5.91 Å². The summed E-state index contributed by atoms with van der Waals surface area (Å²) in [6.45, 7) is 6.16.